The predicted molar refractivity (Wildman–Crippen MR) is 82.3 cm³/mol. The third-order valence-corrected chi connectivity index (χ3v) is 3.78. The van der Waals surface area contributed by atoms with Gasteiger partial charge in [0, 0.05) is 0 Å². The summed E-state index contributed by atoms with van der Waals surface area (Å²) in [6, 6.07) is 14.0. The fourth-order valence-corrected chi connectivity index (χ4v) is 2.15. The van der Waals surface area contributed by atoms with Crippen molar-refractivity contribution in [1.29, 1.82) is 0 Å². The first-order chi connectivity index (χ1) is 9.63. The minimum atomic E-state index is 0.0652. The Hall–Kier alpha value is -1.80. The van der Waals surface area contributed by atoms with E-state index >= 15 is 0 Å². The molecule has 1 N–H and O–H groups in total. The third kappa shape index (κ3) is 3.40. The molecule has 2 aromatic rings. The van der Waals surface area contributed by atoms with E-state index in [9.17, 15) is 0 Å². The minimum absolute atomic E-state index is 0.0652. The first kappa shape index (κ1) is 14.6. The summed E-state index contributed by atoms with van der Waals surface area (Å²) >= 11 is 0. The number of aliphatic hydroxyl groups is 1. The molecule has 0 aromatic heterocycles. The second-order valence-corrected chi connectivity index (χ2v) is 5.23. The number of aryl methyl sites for hydroxylation is 1. The highest BCUT2D eigenvalue weighted by Crippen LogP contribution is 2.26. The van der Waals surface area contributed by atoms with Crippen molar-refractivity contribution in [2.24, 2.45) is 0 Å². The monoisotopic (exact) mass is 270 g/mol. The molecule has 0 aliphatic carbocycles. The topological polar surface area (TPSA) is 29.5 Å². The highest BCUT2D eigenvalue weighted by Gasteiger charge is 2.04. The van der Waals surface area contributed by atoms with Crippen molar-refractivity contribution in [3.05, 3.63) is 59.2 Å². The van der Waals surface area contributed by atoms with Crippen LogP contribution in [-0.2, 0) is 6.61 Å². The van der Waals surface area contributed by atoms with Crippen LogP contribution in [0.25, 0.3) is 0 Å². The summed E-state index contributed by atoms with van der Waals surface area (Å²) in [5.41, 5.74) is 3.32. The molecule has 0 spiro atoms. The molecule has 20 heavy (non-hydrogen) atoms. The summed E-state index contributed by atoms with van der Waals surface area (Å²) in [7, 11) is 0. The van der Waals surface area contributed by atoms with Gasteiger partial charge in [-0.15, -0.1) is 0 Å². The van der Waals surface area contributed by atoms with Gasteiger partial charge >= 0.3 is 0 Å². The van der Waals surface area contributed by atoms with E-state index < -0.39 is 0 Å². The second-order valence-electron chi connectivity index (χ2n) is 5.23. The van der Waals surface area contributed by atoms with E-state index in [4.69, 9.17) is 9.84 Å². The highest BCUT2D eigenvalue weighted by molar-refractivity contribution is 5.38. The fourth-order valence-electron chi connectivity index (χ4n) is 2.15. The maximum Gasteiger partial charge on any atom is 0.127 e. The molecular weight excluding hydrogens is 248 g/mol. The Morgan fingerprint density at radius 1 is 1.05 bits per heavy atom. The molecule has 0 radical (unpaired) electrons. The number of benzene rings is 2. The maximum atomic E-state index is 9.16. The van der Waals surface area contributed by atoms with Gasteiger partial charge < -0.3 is 9.84 Å². The Bertz CT molecular complexity index is 558. The fraction of sp³-hybridized carbons (Fsp3) is 0.333. The van der Waals surface area contributed by atoms with Gasteiger partial charge in [0.05, 0.1) is 6.61 Å². The summed E-state index contributed by atoms with van der Waals surface area (Å²) < 4.78 is 5.85. The summed E-state index contributed by atoms with van der Waals surface area (Å²) in [5, 5.41) is 9.16. The van der Waals surface area contributed by atoms with Crippen molar-refractivity contribution >= 4 is 0 Å². The molecular formula is C18H22O2. The molecule has 0 heterocycles. The Morgan fingerprint density at radius 3 is 2.25 bits per heavy atom. The average Bonchev–Trinajstić information content (AvgIpc) is 2.47. The Kier molecular flexibility index (Phi) is 4.80. The molecule has 0 amide bonds. The smallest absolute Gasteiger partial charge is 0.127 e. The van der Waals surface area contributed by atoms with E-state index in [1.165, 1.54) is 5.56 Å². The van der Waals surface area contributed by atoms with Crippen LogP contribution in [0.1, 0.15) is 42.9 Å². The summed E-state index contributed by atoms with van der Waals surface area (Å²) in [6.07, 6.45) is 1.14. The number of aliphatic hydroxyl groups excluding tert-OH is 1. The van der Waals surface area contributed by atoms with Crippen molar-refractivity contribution in [3.8, 4) is 11.5 Å². The molecule has 0 aliphatic heterocycles. The van der Waals surface area contributed by atoms with Crippen LogP contribution in [0, 0.1) is 6.92 Å². The summed E-state index contributed by atoms with van der Waals surface area (Å²) in [4.78, 5) is 0. The molecule has 0 bridgehead atoms. The first-order valence-corrected chi connectivity index (χ1v) is 7.12. The van der Waals surface area contributed by atoms with E-state index in [2.05, 4.69) is 26.0 Å². The van der Waals surface area contributed by atoms with Crippen molar-refractivity contribution < 1.29 is 9.84 Å². The van der Waals surface area contributed by atoms with Crippen molar-refractivity contribution in [2.45, 2.75) is 39.7 Å². The number of rotatable bonds is 5. The van der Waals surface area contributed by atoms with E-state index in [-0.39, 0.29) is 6.61 Å². The number of hydrogen-bond acceptors (Lipinski definition) is 2. The lowest BCUT2D eigenvalue weighted by Crippen LogP contribution is -1.92. The van der Waals surface area contributed by atoms with E-state index in [1.807, 2.05) is 37.3 Å². The van der Waals surface area contributed by atoms with Gasteiger partial charge in [0.15, 0.2) is 0 Å². The molecule has 2 aromatic carbocycles. The Labute approximate surface area is 121 Å². The largest absolute Gasteiger partial charge is 0.457 e. The van der Waals surface area contributed by atoms with Gasteiger partial charge in [-0.1, -0.05) is 32.0 Å². The zero-order chi connectivity index (χ0) is 14.5. The van der Waals surface area contributed by atoms with Crippen LogP contribution in [0.3, 0.4) is 0 Å². The lowest BCUT2D eigenvalue weighted by molar-refractivity contribution is 0.281. The Morgan fingerprint density at radius 2 is 1.70 bits per heavy atom. The van der Waals surface area contributed by atoms with E-state index in [0.717, 1.165) is 29.0 Å². The summed E-state index contributed by atoms with van der Waals surface area (Å²) in [6.45, 7) is 6.47. The predicted octanol–water partition coefficient (Wildman–Crippen LogP) is 4.79. The van der Waals surface area contributed by atoms with Gasteiger partial charge in [-0.05, 0) is 60.2 Å². The zero-order valence-corrected chi connectivity index (χ0v) is 12.4. The van der Waals surface area contributed by atoms with Gasteiger partial charge in [-0.3, -0.25) is 0 Å². The molecule has 0 fully saturated rings. The van der Waals surface area contributed by atoms with Crippen LogP contribution in [0.5, 0.6) is 11.5 Å². The van der Waals surface area contributed by atoms with E-state index in [0.29, 0.717) is 5.92 Å². The molecule has 1 unspecified atom stereocenters. The molecule has 1 atom stereocenters. The Balaban J connectivity index is 2.12. The average molecular weight is 270 g/mol. The van der Waals surface area contributed by atoms with Crippen LogP contribution in [0.2, 0.25) is 0 Å². The van der Waals surface area contributed by atoms with Gasteiger partial charge in [-0.25, -0.2) is 0 Å². The lowest BCUT2D eigenvalue weighted by atomic mass is 9.99. The van der Waals surface area contributed by atoms with Gasteiger partial charge in [0.25, 0.3) is 0 Å². The normalized spacial score (nSPS) is 12.2. The lowest BCUT2D eigenvalue weighted by Gasteiger charge is -2.11. The molecule has 0 aliphatic rings. The quantitative estimate of drug-likeness (QED) is 0.846. The highest BCUT2D eigenvalue weighted by atomic mass is 16.5. The van der Waals surface area contributed by atoms with E-state index in [1.54, 1.807) is 0 Å². The molecule has 106 valence electrons. The van der Waals surface area contributed by atoms with Crippen LogP contribution >= 0.6 is 0 Å². The van der Waals surface area contributed by atoms with Crippen LogP contribution in [-0.4, -0.2) is 5.11 Å². The van der Waals surface area contributed by atoms with Crippen molar-refractivity contribution in [3.63, 3.8) is 0 Å². The van der Waals surface area contributed by atoms with Gasteiger partial charge in [-0.2, -0.15) is 0 Å². The first-order valence-electron chi connectivity index (χ1n) is 7.12. The third-order valence-electron chi connectivity index (χ3n) is 3.78. The van der Waals surface area contributed by atoms with Gasteiger partial charge in [0.2, 0.25) is 0 Å². The molecule has 2 rings (SSSR count). The standard InChI is InChI=1S/C18H22O2/c1-4-13(2)15-5-8-17(9-6-15)20-18-10-7-16(12-19)14(3)11-18/h5-11,13,19H,4,12H2,1-3H3. The van der Waals surface area contributed by atoms with Crippen LogP contribution in [0.15, 0.2) is 42.5 Å². The summed E-state index contributed by atoms with van der Waals surface area (Å²) in [5.74, 6) is 2.22. The SMILES string of the molecule is CCC(C)c1ccc(Oc2ccc(CO)c(C)c2)cc1. The van der Waals surface area contributed by atoms with Gasteiger partial charge in [0.1, 0.15) is 11.5 Å². The molecule has 0 saturated carbocycles. The zero-order valence-electron chi connectivity index (χ0n) is 12.4. The molecule has 0 saturated heterocycles. The van der Waals surface area contributed by atoms with Crippen molar-refractivity contribution in [1.82, 2.24) is 0 Å². The number of ether oxygens (including phenoxy) is 1. The minimum Gasteiger partial charge on any atom is -0.457 e. The number of hydrogen-bond donors (Lipinski definition) is 1. The molecule has 2 heteroatoms. The maximum absolute atomic E-state index is 9.16. The van der Waals surface area contributed by atoms with Crippen LogP contribution < -0.4 is 4.74 Å². The molecule has 2 nitrogen and oxygen atoms in total. The second kappa shape index (κ2) is 6.58. The van der Waals surface area contributed by atoms with Crippen LogP contribution in [0.4, 0.5) is 0 Å². The van der Waals surface area contributed by atoms with Crippen molar-refractivity contribution in [2.75, 3.05) is 0 Å².